The van der Waals surface area contributed by atoms with E-state index in [2.05, 4.69) is 30.3 Å². The molecule has 0 saturated heterocycles. The lowest BCUT2D eigenvalue weighted by Gasteiger charge is -2.22. The van der Waals surface area contributed by atoms with Crippen LogP contribution in [0, 0.1) is 0 Å². The van der Waals surface area contributed by atoms with Crippen molar-refractivity contribution >= 4 is 6.08 Å². The van der Waals surface area contributed by atoms with Crippen LogP contribution in [-0.2, 0) is 9.47 Å². The summed E-state index contributed by atoms with van der Waals surface area (Å²) < 4.78 is 11.2. The van der Waals surface area contributed by atoms with E-state index in [9.17, 15) is 0 Å². The first-order valence-electron chi connectivity index (χ1n) is 6.69. The van der Waals surface area contributed by atoms with Gasteiger partial charge in [0.1, 0.15) is 12.2 Å². The Hall–Kier alpha value is -1.90. The standard InChI is InChI=1S/C18H20O2/c1-19-17(14-13-15-9-5-3-6-10-15)18(20-2)16-11-7-4-8-12-16/h3-14,17-18H,1-2H3. The summed E-state index contributed by atoms with van der Waals surface area (Å²) in [6.45, 7) is 0. The number of hydrogen-bond acceptors (Lipinski definition) is 2. The molecule has 0 aliphatic heterocycles. The van der Waals surface area contributed by atoms with Crippen LogP contribution in [0.2, 0.25) is 0 Å². The van der Waals surface area contributed by atoms with Crippen molar-refractivity contribution in [3.63, 3.8) is 0 Å². The summed E-state index contributed by atoms with van der Waals surface area (Å²) in [6.07, 6.45) is 3.86. The van der Waals surface area contributed by atoms with Crippen LogP contribution in [0.5, 0.6) is 0 Å². The molecule has 0 radical (unpaired) electrons. The van der Waals surface area contributed by atoms with Crippen molar-refractivity contribution < 1.29 is 9.47 Å². The maximum absolute atomic E-state index is 5.60. The van der Waals surface area contributed by atoms with E-state index in [1.807, 2.05) is 42.5 Å². The number of ether oxygens (including phenoxy) is 2. The van der Waals surface area contributed by atoms with Crippen molar-refractivity contribution in [3.05, 3.63) is 77.9 Å². The molecular weight excluding hydrogens is 248 g/mol. The number of hydrogen-bond donors (Lipinski definition) is 0. The fourth-order valence-corrected chi connectivity index (χ4v) is 2.18. The van der Waals surface area contributed by atoms with E-state index in [-0.39, 0.29) is 12.2 Å². The fraction of sp³-hybridized carbons (Fsp3) is 0.222. The van der Waals surface area contributed by atoms with Crippen molar-refractivity contribution in [2.75, 3.05) is 14.2 Å². The van der Waals surface area contributed by atoms with Crippen LogP contribution < -0.4 is 0 Å². The highest BCUT2D eigenvalue weighted by Crippen LogP contribution is 2.23. The van der Waals surface area contributed by atoms with Crippen LogP contribution in [0.3, 0.4) is 0 Å². The van der Waals surface area contributed by atoms with Gasteiger partial charge in [0.15, 0.2) is 0 Å². The Morgan fingerprint density at radius 3 is 1.95 bits per heavy atom. The topological polar surface area (TPSA) is 18.5 Å². The Morgan fingerprint density at radius 1 is 0.800 bits per heavy atom. The van der Waals surface area contributed by atoms with Crippen molar-refractivity contribution in [1.29, 1.82) is 0 Å². The molecule has 2 nitrogen and oxygen atoms in total. The molecule has 0 heterocycles. The monoisotopic (exact) mass is 268 g/mol. The largest absolute Gasteiger partial charge is 0.374 e. The zero-order valence-corrected chi connectivity index (χ0v) is 11.9. The molecular formula is C18H20O2. The zero-order valence-electron chi connectivity index (χ0n) is 11.9. The van der Waals surface area contributed by atoms with E-state index >= 15 is 0 Å². The maximum atomic E-state index is 5.60. The third-order valence-corrected chi connectivity index (χ3v) is 3.23. The van der Waals surface area contributed by atoms with E-state index in [1.165, 1.54) is 0 Å². The van der Waals surface area contributed by atoms with E-state index in [1.54, 1.807) is 14.2 Å². The molecule has 2 rings (SSSR count). The summed E-state index contributed by atoms with van der Waals surface area (Å²) >= 11 is 0. The minimum absolute atomic E-state index is 0.110. The summed E-state index contributed by atoms with van der Waals surface area (Å²) in [6, 6.07) is 20.3. The molecule has 0 fully saturated rings. The van der Waals surface area contributed by atoms with E-state index in [0.717, 1.165) is 11.1 Å². The average Bonchev–Trinajstić information content (AvgIpc) is 2.53. The lowest BCUT2D eigenvalue weighted by Crippen LogP contribution is -2.20. The second-order valence-corrected chi connectivity index (χ2v) is 4.54. The van der Waals surface area contributed by atoms with Gasteiger partial charge in [-0.2, -0.15) is 0 Å². The fourth-order valence-electron chi connectivity index (χ4n) is 2.18. The highest BCUT2D eigenvalue weighted by molar-refractivity contribution is 5.49. The van der Waals surface area contributed by atoms with E-state index in [4.69, 9.17) is 9.47 Å². The van der Waals surface area contributed by atoms with Crippen molar-refractivity contribution in [2.45, 2.75) is 12.2 Å². The first kappa shape index (κ1) is 14.5. The van der Waals surface area contributed by atoms with Crippen LogP contribution in [0.1, 0.15) is 17.2 Å². The Bertz CT molecular complexity index is 520. The quantitative estimate of drug-likeness (QED) is 0.785. The van der Waals surface area contributed by atoms with Crippen molar-refractivity contribution in [2.24, 2.45) is 0 Å². The first-order chi connectivity index (χ1) is 9.85. The number of methoxy groups -OCH3 is 2. The molecule has 0 N–H and O–H groups in total. The highest BCUT2D eigenvalue weighted by atomic mass is 16.5. The third kappa shape index (κ3) is 3.80. The van der Waals surface area contributed by atoms with Gasteiger partial charge in [-0.05, 0) is 11.1 Å². The van der Waals surface area contributed by atoms with Gasteiger partial charge in [-0.15, -0.1) is 0 Å². The van der Waals surface area contributed by atoms with Crippen LogP contribution in [0.25, 0.3) is 6.08 Å². The first-order valence-corrected chi connectivity index (χ1v) is 6.69. The molecule has 0 aromatic heterocycles. The smallest absolute Gasteiger partial charge is 0.112 e. The van der Waals surface area contributed by atoms with Crippen molar-refractivity contribution in [3.8, 4) is 0 Å². The summed E-state index contributed by atoms with van der Waals surface area (Å²) in [5.41, 5.74) is 2.26. The van der Waals surface area contributed by atoms with E-state index < -0.39 is 0 Å². The predicted octanol–water partition coefficient (Wildman–Crippen LogP) is 4.10. The van der Waals surface area contributed by atoms with Gasteiger partial charge < -0.3 is 9.47 Å². The van der Waals surface area contributed by atoms with Gasteiger partial charge in [0.25, 0.3) is 0 Å². The molecule has 2 aromatic carbocycles. The highest BCUT2D eigenvalue weighted by Gasteiger charge is 2.19. The Balaban J connectivity index is 2.16. The SMILES string of the molecule is COC(C=Cc1ccccc1)C(OC)c1ccccc1. The Morgan fingerprint density at radius 2 is 1.40 bits per heavy atom. The Kier molecular flexibility index (Phi) is 5.54. The van der Waals surface area contributed by atoms with Gasteiger partial charge in [-0.25, -0.2) is 0 Å². The van der Waals surface area contributed by atoms with Gasteiger partial charge in [-0.1, -0.05) is 72.8 Å². The lowest BCUT2D eigenvalue weighted by atomic mass is 10.0. The lowest BCUT2D eigenvalue weighted by molar-refractivity contribution is -0.0124. The van der Waals surface area contributed by atoms with Gasteiger partial charge >= 0.3 is 0 Å². The number of rotatable bonds is 6. The van der Waals surface area contributed by atoms with E-state index in [0.29, 0.717) is 0 Å². The van der Waals surface area contributed by atoms with Crippen LogP contribution in [0.4, 0.5) is 0 Å². The van der Waals surface area contributed by atoms with Crippen molar-refractivity contribution in [1.82, 2.24) is 0 Å². The van der Waals surface area contributed by atoms with Gasteiger partial charge in [0, 0.05) is 14.2 Å². The number of benzene rings is 2. The second-order valence-electron chi connectivity index (χ2n) is 4.54. The summed E-state index contributed by atoms with van der Waals surface area (Å²) in [5, 5.41) is 0. The average molecular weight is 268 g/mol. The normalized spacial score (nSPS) is 14.3. The minimum atomic E-state index is -0.123. The molecule has 2 heteroatoms. The maximum Gasteiger partial charge on any atom is 0.112 e. The molecule has 0 saturated carbocycles. The second kappa shape index (κ2) is 7.63. The molecule has 0 spiro atoms. The Labute approximate surface area is 120 Å². The molecule has 20 heavy (non-hydrogen) atoms. The van der Waals surface area contributed by atoms with Crippen LogP contribution >= 0.6 is 0 Å². The molecule has 0 bridgehead atoms. The molecule has 2 atom stereocenters. The molecule has 0 amide bonds. The van der Waals surface area contributed by atoms with Crippen LogP contribution in [-0.4, -0.2) is 20.3 Å². The third-order valence-electron chi connectivity index (χ3n) is 3.23. The minimum Gasteiger partial charge on any atom is -0.374 e. The zero-order chi connectivity index (χ0) is 14.2. The molecule has 0 aliphatic rings. The molecule has 0 aliphatic carbocycles. The molecule has 2 unspecified atom stereocenters. The van der Waals surface area contributed by atoms with Gasteiger partial charge in [-0.3, -0.25) is 0 Å². The van der Waals surface area contributed by atoms with Gasteiger partial charge in [0.05, 0.1) is 0 Å². The molecule has 2 aromatic rings. The predicted molar refractivity (Wildman–Crippen MR) is 82.5 cm³/mol. The summed E-state index contributed by atoms with van der Waals surface area (Å²) in [5.74, 6) is 0. The van der Waals surface area contributed by atoms with Gasteiger partial charge in [0.2, 0.25) is 0 Å². The molecule has 104 valence electrons. The summed E-state index contributed by atoms with van der Waals surface area (Å²) in [4.78, 5) is 0. The van der Waals surface area contributed by atoms with Crippen LogP contribution in [0.15, 0.2) is 66.7 Å². The summed E-state index contributed by atoms with van der Waals surface area (Å²) in [7, 11) is 3.41.